The van der Waals surface area contributed by atoms with Gasteiger partial charge in [0.15, 0.2) is 0 Å². The van der Waals surface area contributed by atoms with Gasteiger partial charge < -0.3 is 15.5 Å². The number of carbonyl (C=O) groups excluding carboxylic acids is 3. The van der Waals surface area contributed by atoms with Crippen molar-refractivity contribution in [3.63, 3.8) is 0 Å². The Kier molecular flexibility index (Phi) is 6.60. The first-order chi connectivity index (χ1) is 15.6. The van der Waals surface area contributed by atoms with E-state index in [0.29, 0.717) is 17.7 Å². The molecule has 1 heterocycles. The summed E-state index contributed by atoms with van der Waals surface area (Å²) >= 11 is 0. The number of benzene rings is 3. The van der Waals surface area contributed by atoms with Crippen molar-refractivity contribution < 1.29 is 14.4 Å². The minimum Gasteiger partial charge on any atom is -0.345 e. The Morgan fingerprint density at radius 2 is 1.53 bits per heavy atom. The van der Waals surface area contributed by atoms with E-state index in [1.807, 2.05) is 48.5 Å². The Balaban J connectivity index is 1.43. The summed E-state index contributed by atoms with van der Waals surface area (Å²) in [6.07, 6.45) is 1.54. The van der Waals surface area contributed by atoms with Crippen molar-refractivity contribution in [2.75, 3.05) is 16.8 Å². The molecule has 6 nitrogen and oxygen atoms in total. The summed E-state index contributed by atoms with van der Waals surface area (Å²) in [5, 5.41) is 5.86. The molecule has 1 atom stereocenters. The van der Waals surface area contributed by atoms with Crippen LogP contribution in [0.15, 0.2) is 84.9 Å². The van der Waals surface area contributed by atoms with Crippen molar-refractivity contribution in [1.29, 1.82) is 0 Å². The van der Waals surface area contributed by atoms with Crippen LogP contribution in [0.4, 0.5) is 11.4 Å². The smallest absolute Gasteiger partial charge is 0.251 e. The molecule has 2 N–H and O–H groups in total. The number of nitrogens with one attached hydrogen (secondary N) is 2. The summed E-state index contributed by atoms with van der Waals surface area (Å²) in [5.74, 6) is -0.314. The monoisotopic (exact) mass is 427 g/mol. The molecular weight excluding hydrogens is 402 g/mol. The Labute approximate surface area is 187 Å². The third-order valence-corrected chi connectivity index (χ3v) is 5.47. The van der Waals surface area contributed by atoms with Crippen LogP contribution in [0.3, 0.4) is 0 Å². The first kappa shape index (κ1) is 21.3. The fraction of sp³-hybridized carbons (Fsp3) is 0.192. The Morgan fingerprint density at radius 1 is 0.875 bits per heavy atom. The molecule has 32 heavy (non-hydrogen) atoms. The highest BCUT2D eigenvalue weighted by Gasteiger charge is 2.22. The molecule has 3 amide bonds. The van der Waals surface area contributed by atoms with Gasteiger partial charge in [-0.3, -0.25) is 14.4 Å². The molecule has 1 aliphatic rings. The van der Waals surface area contributed by atoms with E-state index in [-0.39, 0.29) is 24.1 Å². The van der Waals surface area contributed by atoms with Crippen molar-refractivity contribution in [2.24, 2.45) is 0 Å². The van der Waals surface area contributed by atoms with Gasteiger partial charge in [-0.25, -0.2) is 0 Å². The Hall–Kier alpha value is -3.93. The quantitative estimate of drug-likeness (QED) is 0.590. The van der Waals surface area contributed by atoms with E-state index in [1.165, 1.54) is 0 Å². The molecule has 3 aromatic rings. The van der Waals surface area contributed by atoms with Gasteiger partial charge in [-0.1, -0.05) is 48.5 Å². The third-order valence-electron chi connectivity index (χ3n) is 5.47. The van der Waals surface area contributed by atoms with E-state index in [4.69, 9.17) is 0 Å². The molecule has 0 bridgehead atoms. The lowest BCUT2D eigenvalue weighted by molar-refractivity contribution is -0.117. The van der Waals surface area contributed by atoms with Crippen LogP contribution in [0.25, 0.3) is 0 Å². The molecule has 1 aliphatic heterocycles. The lowest BCUT2D eigenvalue weighted by Crippen LogP contribution is -2.31. The Bertz CT molecular complexity index is 1080. The molecule has 4 rings (SSSR count). The highest BCUT2D eigenvalue weighted by molar-refractivity contribution is 5.97. The predicted molar refractivity (Wildman–Crippen MR) is 124 cm³/mol. The summed E-state index contributed by atoms with van der Waals surface area (Å²) < 4.78 is 0. The average Bonchev–Trinajstić information content (AvgIpc) is 3.26. The van der Waals surface area contributed by atoms with Gasteiger partial charge in [-0.2, -0.15) is 0 Å². The van der Waals surface area contributed by atoms with Gasteiger partial charge in [-0.05, 0) is 48.4 Å². The van der Waals surface area contributed by atoms with E-state index in [0.717, 1.165) is 24.2 Å². The summed E-state index contributed by atoms with van der Waals surface area (Å²) in [7, 11) is 0. The van der Waals surface area contributed by atoms with Crippen LogP contribution in [0.2, 0.25) is 0 Å². The maximum absolute atomic E-state index is 12.8. The minimum absolute atomic E-state index is 0.0922. The zero-order chi connectivity index (χ0) is 22.3. The standard InChI is InChI=1S/C26H25N3O3/c30-24(27-21-13-15-22(16-14-21)29-17-7-12-25(29)31)18-23(19-8-3-1-4-9-19)28-26(32)20-10-5-2-6-11-20/h1-6,8-11,13-16,23H,7,12,17-18H2,(H,27,30)(H,28,32). The molecule has 0 spiro atoms. The van der Waals surface area contributed by atoms with E-state index in [1.54, 1.807) is 41.3 Å². The first-order valence-corrected chi connectivity index (χ1v) is 10.7. The predicted octanol–water partition coefficient (Wildman–Crippen LogP) is 4.31. The fourth-order valence-corrected chi connectivity index (χ4v) is 3.81. The Morgan fingerprint density at radius 3 is 2.16 bits per heavy atom. The maximum atomic E-state index is 12.8. The molecule has 1 fully saturated rings. The van der Waals surface area contributed by atoms with Crippen molar-refractivity contribution in [1.82, 2.24) is 5.32 Å². The molecule has 0 aliphatic carbocycles. The molecule has 0 saturated carbocycles. The molecule has 1 saturated heterocycles. The van der Waals surface area contributed by atoms with Crippen LogP contribution < -0.4 is 15.5 Å². The molecule has 162 valence electrons. The number of amides is 3. The zero-order valence-corrected chi connectivity index (χ0v) is 17.7. The fourth-order valence-electron chi connectivity index (χ4n) is 3.81. The number of hydrogen-bond acceptors (Lipinski definition) is 3. The summed E-state index contributed by atoms with van der Waals surface area (Å²) in [5.41, 5.74) is 2.88. The van der Waals surface area contributed by atoms with Gasteiger partial charge in [-0.15, -0.1) is 0 Å². The second-order valence-electron chi connectivity index (χ2n) is 7.75. The second kappa shape index (κ2) is 9.92. The van der Waals surface area contributed by atoms with Gasteiger partial charge >= 0.3 is 0 Å². The molecular formula is C26H25N3O3. The van der Waals surface area contributed by atoms with Crippen LogP contribution in [-0.2, 0) is 9.59 Å². The van der Waals surface area contributed by atoms with E-state index in [2.05, 4.69) is 10.6 Å². The topological polar surface area (TPSA) is 78.5 Å². The third kappa shape index (κ3) is 5.21. The highest BCUT2D eigenvalue weighted by atomic mass is 16.2. The van der Waals surface area contributed by atoms with Crippen LogP contribution >= 0.6 is 0 Å². The van der Waals surface area contributed by atoms with Crippen LogP contribution in [-0.4, -0.2) is 24.3 Å². The lowest BCUT2D eigenvalue weighted by Gasteiger charge is -2.20. The molecule has 3 aromatic carbocycles. The number of hydrogen-bond donors (Lipinski definition) is 2. The van der Waals surface area contributed by atoms with Crippen molar-refractivity contribution in [3.8, 4) is 0 Å². The largest absolute Gasteiger partial charge is 0.345 e. The summed E-state index contributed by atoms with van der Waals surface area (Å²) in [4.78, 5) is 39.1. The molecule has 0 radical (unpaired) electrons. The number of carbonyl (C=O) groups is 3. The van der Waals surface area contributed by atoms with Crippen molar-refractivity contribution >= 4 is 29.1 Å². The van der Waals surface area contributed by atoms with Crippen molar-refractivity contribution in [2.45, 2.75) is 25.3 Å². The molecule has 1 unspecified atom stereocenters. The second-order valence-corrected chi connectivity index (χ2v) is 7.75. The van der Waals surface area contributed by atoms with Crippen LogP contribution in [0.5, 0.6) is 0 Å². The highest BCUT2D eigenvalue weighted by Crippen LogP contribution is 2.24. The van der Waals surface area contributed by atoms with Gasteiger partial charge in [0, 0.05) is 29.9 Å². The SMILES string of the molecule is O=C(CC(NC(=O)c1ccccc1)c1ccccc1)Nc1ccc(N2CCCC2=O)cc1. The van der Waals surface area contributed by atoms with Gasteiger partial charge in [0.05, 0.1) is 12.5 Å². The van der Waals surface area contributed by atoms with Gasteiger partial charge in [0.2, 0.25) is 11.8 Å². The summed E-state index contributed by atoms with van der Waals surface area (Å²) in [6, 6.07) is 25.2. The zero-order valence-electron chi connectivity index (χ0n) is 17.7. The van der Waals surface area contributed by atoms with Crippen molar-refractivity contribution in [3.05, 3.63) is 96.1 Å². The maximum Gasteiger partial charge on any atom is 0.251 e. The van der Waals surface area contributed by atoms with E-state index in [9.17, 15) is 14.4 Å². The molecule has 0 aromatic heterocycles. The van der Waals surface area contributed by atoms with Crippen LogP contribution in [0, 0.1) is 0 Å². The molecule has 6 heteroatoms. The summed E-state index contributed by atoms with van der Waals surface area (Å²) in [6.45, 7) is 0.727. The van der Waals surface area contributed by atoms with Gasteiger partial charge in [0.25, 0.3) is 5.91 Å². The normalized spacial score (nSPS) is 14.1. The van der Waals surface area contributed by atoms with E-state index >= 15 is 0 Å². The van der Waals surface area contributed by atoms with Crippen LogP contribution in [0.1, 0.15) is 41.2 Å². The minimum atomic E-state index is -0.467. The lowest BCUT2D eigenvalue weighted by atomic mass is 10.0. The first-order valence-electron chi connectivity index (χ1n) is 10.7. The van der Waals surface area contributed by atoms with E-state index < -0.39 is 6.04 Å². The number of anilines is 2. The number of rotatable bonds is 7. The van der Waals surface area contributed by atoms with Gasteiger partial charge in [0.1, 0.15) is 0 Å². The number of nitrogens with zero attached hydrogens (tertiary/aromatic N) is 1. The average molecular weight is 428 g/mol.